The molecule has 5 unspecified atom stereocenters. The average Bonchev–Trinajstić information content (AvgIpc) is 3.54. The fourth-order valence-electron chi connectivity index (χ4n) is 6.77. The van der Waals surface area contributed by atoms with Crippen molar-refractivity contribution in [1.29, 1.82) is 0 Å². The van der Waals surface area contributed by atoms with E-state index in [0.29, 0.717) is 18.4 Å². The van der Waals surface area contributed by atoms with E-state index >= 15 is 0 Å². The monoisotopic (exact) mass is 628 g/mol. The molecule has 46 heavy (non-hydrogen) atoms. The van der Waals surface area contributed by atoms with Gasteiger partial charge in [0.05, 0.1) is 12.6 Å². The van der Waals surface area contributed by atoms with Gasteiger partial charge in [-0.2, -0.15) is 0 Å². The lowest BCUT2D eigenvalue weighted by molar-refractivity contribution is -0.131. The summed E-state index contributed by atoms with van der Waals surface area (Å²) in [5, 5.41) is 15.6. The van der Waals surface area contributed by atoms with Gasteiger partial charge in [0.25, 0.3) is 0 Å². The molecule has 2 aromatic carbocycles. The van der Waals surface area contributed by atoms with Crippen molar-refractivity contribution < 1.29 is 19.5 Å². The third kappa shape index (κ3) is 9.78. The molecule has 10 nitrogen and oxygen atoms in total. The maximum atomic E-state index is 11.9. The molecule has 9 N–H and O–H groups in total. The Balaban J connectivity index is 1.67. The molecule has 3 aromatic rings. The summed E-state index contributed by atoms with van der Waals surface area (Å²) >= 11 is 0. The minimum atomic E-state index is -1.06. The number of hydrogen-bond donors (Lipinski definition) is 6. The maximum Gasteiger partial charge on any atom is 0.328 e. The van der Waals surface area contributed by atoms with Crippen LogP contribution in [0.15, 0.2) is 65.3 Å². The highest BCUT2D eigenvalue weighted by Gasteiger charge is 2.33. The number of carbonyl (C=O) groups excluding carboxylic acids is 2. The van der Waals surface area contributed by atoms with Crippen molar-refractivity contribution in [2.45, 2.75) is 82.7 Å². The summed E-state index contributed by atoms with van der Waals surface area (Å²) in [5.74, 6) is 0.0840. The first kappa shape index (κ1) is 34.4. The number of aliphatic imine (C=N–C) groups is 1. The summed E-state index contributed by atoms with van der Waals surface area (Å²) in [7, 11) is 0. The van der Waals surface area contributed by atoms with Crippen LogP contribution >= 0.6 is 0 Å². The van der Waals surface area contributed by atoms with Crippen LogP contribution in [0.3, 0.4) is 0 Å². The number of nitrogens with two attached hydrogens (primary N) is 3. The standard InChI is InChI=1S/C36H48N6O4/c1-23(22-44)7-12-30(37)4-2-5-31-27(11-10-26-17-25-9-8-24(13-15-43)16-28(25)18-32(26)31)19-33(42-34-6-3-14-40-34)29(20-35(45)46)21-41-36(38)39/h3,6,8-9,14-18,20,22-23,27,30-31,33,40,42H,2,4-5,7,10-13,19,21,37H2,1H3,(H,45,46)(H4,38,39,41). The largest absolute Gasteiger partial charge is 0.478 e. The molecule has 0 radical (unpaired) electrons. The predicted molar refractivity (Wildman–Crippen MR) is 184 cm³/mol. The molecule has 1 aliphatic rings. The molecular formula is C36H48N6O4. The molecule has 0 saturated heterocycles. The summed E-state index contributed by atoms with van der Waals surface area (Å²) in [6.45, 7) is 1.99. The molecular weight excluding hydrogens is 580 g/mol. The molecule has 0 bridgehead atoms. The molecule has 0 spiro atoms. The minimum absolute atomic E-state index is 0.00847. The topological polar surface area (TPSA) is 190 Å². The number of hydrogen-bond acceptors (Lipinski definition) is 6. The van der Waals surface area contributed by atoms with E-state index in [-0.39, 0.29) is 42.3 Å². The summed E-state index contributed by atoms with van der Waals surface area (Å²) in [6.07, 6.45) is 12.2. The lowest BCUT2D eigenvalue weighted by Crippen LogP contribution is -2.32. The van der Waals surface area contributed by atoms with Gasteiger partial charge in [-0.05, 0) is 102 Å². The lowest BCUT2D eigenvalue weighted by atomic mass is 9.69. The molecule has 0 amide bonds. The quantitative estimate of drug-likeness (QED) is 0.0500. The number of carbonyl (C=O) groups is 3. The number of aliphatic carboxylic acids is 1. The number of rotatable bonds is 18. The van der Waals surface area contributed by atoms with Crippen LogP contribution in [0.5, 0.6) is 0 Å². The molecule has 10 heteroatoms. The first-order valence-corrected chi connectivity index (χ1v) is 16.3. The van der Waals surface area contributed by atoms with Gasteiger partial charge in [0.15, 0.2) is 5.96 Å². The number of benzene rings is 2. The zero-order chi connectivity index (χ0) is 33.1. The lowest BCUT2D eigenvalue weighted by Gasteiger charge is -2.37. The summed E-state index contributed by atoms with van der Waals surface area (Å²) in [6, 6.07) is 14.3. The van der Waals surface area contributed by atoms with Crippen LogP contribution in [0.25, 0.3) is 10.8 Å². The number of H-pyrrole nitrogens is 1. The van der Waals surface area contributed by atoms with Gasteiger partial charge in [-0.15, -0.1) is 0 Å². The van der Waals surface area contributed by atoms with E-state index in [9.17, 15) is 19.5 Å². The Kier molecular flexibility index (Phi) is 12.5. The summed E-state index contributed by atoms with van der Waals surface area (Å²) in [5.41, 5.74) is 22.0. The van der Waals surface area contributed by atoms with Crippen LogP contribution in [0, 0.1) is 11.8 Å². The highest BCUT2D eigenvalue weighted by atomic mass is 16.4. The molecule has 4 rings (SSSR count). The van der Waals surface area contributed by atoms with Crippen molar-refractivity contribution in [1.82, 2.24) is 4.98 Å². The number of anilines is 1. The van der Waals surface area contributed by atoms with E-state index < -0.39 is 5.97 Å². The van der Waals surface area contributed by atoms with Gasteiger partial charge >= 0.3 is 5.97 Å². The Labute approximate surface area is 270 Å². The van der Waals surface area contributed by atoms with E-state index in [1.54, 1.807) is 0 Å². The van der Waals surface area contributed by atoms with E-state index in [1.165, 1.54) is 17.2 Å². The Morgan fingerprint density at radius 2 is 1.96 bits per heavy atom. The number of fused-ring (bicyclic) bond motifs is 2. The molecule has 0 aliphatic heterocycles. The number of aromatic nitrogens is 1. The highest BCUT2D eigenvalue weighted by molar-refractivity contribution is 5.86. The normalized spacial score (nSPS) is 18.3. The van der Waals surface area contributed by atoms with Crippen LogP contribution < -0.4 is 22.5 Å². The second-order valence-electron chi connectivity index (χ2n) is 12.7. The predicted octanol–water partition coefficient (Wildman–Crippen LogP) is 4.82. The highest BCUT2D eigenvalue weighted by Crippen LogP contribution is 2.44. The van der Waals surface area contributed by atoms with Gasteiger partial charge < -0.3 is 42.2 Å². The van der Waals surface area contributed by atoms with Crippen molar-refractivity contribution in [3.8, 4) is 0 Å². The third-order valence-electron chi connectivity index (χ3n) is 9.22. The first-order chi connectivity index (χ1) is 22.2. The van der Waals surface area contributed by atoms with Crippen molar-refractivity contribution >= 4 is 41.1 Å². The zero-order valence-corrected chi connectivity index (χ0v) is 26.7. The minimum Gasteiger partial charge on any atom is -0.478 e. The van der Waals surface area contributed by atoms with E-state index in [1.807, 2.05) is 31.3 Å². The molecule has 1 aromatic heterocycles. The Hall–Kier alpha value is -4.44. The zero-order valence-electron chi connectivity index (χ0n) is 26.7. The van der Waals surface area contributed by atoms with Crippen LogP contribution in [0.1, 0.15) is 74.5 Å². The summed E-state index contributed by atoms with van der Waals surface area (Å²) in [4.78, 5) is 41.6. The summed E-state index contributed by atoms with van der Waals surface area (Å²) < 4.78 is 0. The Morgan fingerprint density at radius 3 is 2.65 bits per heavy atom. The third-order valence-corrected chi connectivity index (χ3v) is 9.22. The average molecular weight is 629 g/mol. The smallest absolute Gasteiger partial charge is 0.328 e. The molecule has 5 atom stereocenters. The number of nitrogens with zero attached hydrogens (tertiary/aromatic N) is 1. The maximum absolute atomic E-state index is 11.9. The molecule has 0 saturated carbocycles. The molecule has 246 valence electrons. The van der Waals surface area contributed by atoms with E-state index in [0.717, 1.165) is 79.7 Å². The van der Waals surface area contributed by atoms with Gasteiger partial charge in [0.1, 0.15) is 18.4 Å². The van der Waals surface area contributed by atoms with Gasteiger partial charge in [-0.1, -0.05) is 43.7 Å². The van der Waals surface area contributed by atoms with Gasteiger partial charge in [0.2, 0.25) is 0 Å². The molecule has 1 heterocycles. The number of aromatic amines is 1. The number of carboxylic acids is 1. The van der Waals surface area contributed by atoms with Crippen molar-refractivity contribution in [2.75, 3.05) is 11.9 Å². The molecule has 0 fully saturated rings. The Bertz CT molecular complexity index is 1530. The number of aryl methyl sites for hydroxylation is 1. The van der Waals surface area contributed by atoms with Crippen molar-refractivity contribution in [3.63, 3.8) is 0 Å². The first-order valence-electron chi connectivity index (χ1n) is 16.3. The second kappa shape index (κ2) is 16.7. The SMILES string of the molecule is CC(C=O)CCC(N)CCCC1c2cc3cc(CC=O)ccc3cc2CCC1CC(Nc1ccc[nH]1)C(=CC(=O)O)CN=C(N)N. The fraction of sp³-hybridized carbons (Fsp3) is 0.444. The van der Waals surface area contributed by atoms with Gasteiger partial charge in [-0.25, -0.2) is 9.79 Å². The van der Waals surface area contributed by atoms with Crippen LogP contribution in [-0.2, 0) is 27.2 Å². The molecule has 1 aliphatic carbocycles. The van der Waals surface area contributed by atoms with E-state index in [4.69, 9.17) is 17.2 Å². The number of guanidine groups is 1. The van der Waals surface area contributed by atoms with Gasteiger partial charge in [-0.3, -0.25) is 0 Å². The fourth-order valence-corrected chi connectivity index (χ4v) is 6.77. The van der Waals surface area contributed by atoms with Crippen LogP contribution in [0.2, 0.25) is 0 Å². The van der Waals surface area contributed by atoms with Crippen molar-refractivity contribution in [3.05, 3.63) is 77.0 Å². The van der Waals surface area contributed by atoms with E-state index in [2.05, 4.69) is 39.6 Å². The van der Waals surface area contributed by atoms with Crippen molar-refractivity contribution in [2.24, 2.45) is 34.0 Å². The number of aldehydes is 2. The van der Waals surface area contributed by atoms with Crippen LogP contribution in [-0.4, -0.2) is 53.2 Å². The van der Waals surface area contributed by atoms with Gasteiger partial charge in [0, 0.05) is 30.7 Å². The van der Waals surface area contributed by atoms with Crippen LogP contribution in [0.4, 0.5) is 5.82 Å². The Morgan fingerprint density at radius 1 is 1.13 bits per heavy atom. The number of nitrogens with one attached hydrogen (secondary N) is 2. The second-order valence-corrected chi connectivity index (χ2v) is 12.7. The number of carboxylic acid groups (broad SMARTS) is 1.